The Bertz CT molecular complexity index is 851. The molecule has 0 spiro atoms. The summed E-state index contributed by atoms with van der Waals surface area (Å²) in [5.74, 6) is 1.55. The molecule has 0 bridgehead atoms. The normalized spacial score (nSPS) is 14.7. The summed E-state index contributed by atoms with van der Waals surface area (Å²) in [4.78, 5) is 0. The molecule has 3 aromatic rings. The van der Waals surface area contributed by atoms with E-state index in [2.05, 4.69) is 0 Å². The third kappa shape index (κ3) is 1.94. The Morgan fingerprint density at radius 1 is 0.864 bits per heavy atom. The van der Waals surface area contributed by atoms with Crippen LogP contribution in [0.1, 0.15) is 5.56 Å². The number of benzene rings is 3. The predicted octanol–water partition coefficient (Wildman–Crippen LogP) is 4.38. The number of hydrogen-bond acceptors (Lipinski definition) is 1. The third-order valence-electron chi connectivity index (χ3n) is 3.75. The van der Waals surface area contributed by atoms with Gasteiger partial charge < -0.3 is 5.11 Å². The van der Waals surface area contributed by atoms with E-state index in [-0.39, 0.29) is 5.56 Å². The molecule has 0 radical (unpaired) electrons. The highest BCUT2D eigenvalue weighted by Crippen LogP contribution is 2.44. The second-order valence-electron chi connectivity index (χ2n) is 5.05. The van der Waals surface area contributed by atoms with Crippen LogP contribution >= 0.6 is 0 Å². The minimum atomic E-state index is -4.98. The summed E-state index contributed by atoms with van der Waals surface area (Å²) in [5.41, 5.74) is -3.63. The van der Waals surface area contributed by atoms with Gasteiger partial charge >= 0.3 is 6.18 Å². The van der Waals surface area contributed by atoms with E-state index in [0.717, 1.165) is 0 Å². The third-order valence-corrected chi connectivity index (χ3v) is 3.75. The van der Waals surface area contributed by atoms with Crippen molar-refractivity contribution in [3.8, 4) is 12.3 Å². The first-order chi connectivity index (χ1) is 10.4. The van der Waals surface area contributed by atoms with Gasteiger partial charge in [-0.15, -0.1) is 6.42 Å². The quantitative estimate of drug-likeness (QED) is 0.522. The lowest BCUT2D eigenvalue weighted by molar-refractivity contribution is -0.239. The average Bonchev–Trinajstić information content (AvgIpc) is 2.50. The molecule has 3 rings (SSSR count). The van der Waals surface area contributed by atoms with Gasteiger partial charge in [-0.05, 0) is 27.6 Å². The van der Waals surface area contributed by atoms with Gasteiger partial charge in [-0.3, -0.25) is 0 Å². The van der Waals surface area contributed by atoms with Crippen LogP contribution in [0, 0.1) is 12.3 Å². The molecule has 22 heavy (non-hydrogen) atoms. The summed E-state index contributed by atoms with van der Waals surface area (Å²) in [7, 11) is 0. The Balaban J connectivity index is 2.57. The summed E-state index contributed by atoms with van der Waals surface area (Å²) in [5, 5.41) is 12.0. The Kier molecular flexibility index (Phi) is 3.12. The minimum Gasteiger partial charge on any atom is -0.366 e. The van der Waals surface area contributed by atoms with Crippen molar-refractivity contribution < 1.29 is 18.3 Å². The fourth-order valence-corrected chi connectivity index (χ4v) is 2.70. The van der Waals surface area contributed by atoms with Gasteiger partial charge in [0, 0.05) is 5.56 Å². The molecular weight excluding hydrogens is 289 g/mol. The second-order valence-corrected chi connectivity index (χ2v) is 5.05. The van der Waals surface area contributed by atoms with Crippen LogP contribution in [0.3, 0.4) is 0 Å². The zero-order chi connectivity index (χ0) is 16.0. The van der Waals surface area contributed by atoms with Gasteiger partial charge in [-0.1, -0.05) is 54.5 Å². The lowest BCUT2D eigenvalue weighted by Gasteiger charge is -2.28. The highest BCUT2D eigenvalue weighted by molar-refractivity contribution is 6.03. The van der Waals surface area contributed by atoms with Crippen LogP contribution in [0.5, 0.6) is 0 Å². The highest BCUT2D eigenvalue weighted by atomic mass is 19.4. The molecule has 0 saturated carbocycles. The van der Waals surface area contributed by atoms with Crippen LogP contribution in [0.2, 0.25) is 0 Å². The number of alkyl halides is 3. The first kappa shape index (κ1) is 14.4. The van der Waals surface area contributed by atoms with Crippen LogP contribution in [0.25, 0.3) is 21.5 Å². The summed E-state index contributed by atoms with van der Waals surface area (Å²) in [6.45, 7) is 0. The molecule has 1 nitrogen and oxygen atoms in total. The first-order valence-corrected chi connectivity index (χ1v) is 6.56. The number of terminal acetylenes is 1. The summed E-state index contributed by atoms with van der Waals surface area (Å²) in [6.07, 6.45) is 0.110. The van der Waals surface area contributed by atoms with Gasteiger partial charge in [-0.25, -0.2) is 0 Å². The van der Waals surface area contributed by atoms with Crippen molar-refractivity contribution in [3.05, 3.63) is 60.2 Å². The molecule has 4 heteroatoms. The number of rotatable bonds is 1. The molecule has 1 N–H and O–H groups in total. The molecule has 0 saturated heterocycles. The fourth-order valence-electron chi connectivity index (χ4n) is 2.70. The van der Waals surface area contributed by atoms with E-state index < -0.39 is 11.8 Å². The van der Waals surface area contributed by atoms with Gasteiger partial charge in [0.25, 0.3) is 0 Å². The predicted molar refractivity (Wildman–Crippen MR) is 80.2 cm³/mol. The molecule has 0 fully saturated rings. The van der Waals surface area contributed by atoms with Gasteiger partial charge in [0.1, 0.15) is 0 Å². The lowest BCUT2D eigenvalue weighted by Crippen LogP contribution is -2.41. The standard InChI is InChI=1S/C18H11F3O/c1-2-17(22,18(19,20)21)16-14-9-5-3-7-12(14)11-13-8-4-6-10-15(13)16/h1,3-11,22H/t17-/m0/s1. The van der Waals surface area contributed by atoms with Gasteiger partial charge in [-0.2, -0.15) is 13.2 Å². The minimum absolute atomic E-state index is 0.291. The van der Waals surface area contributed by atoms with Crippen molar-refractivity contribution in [2.75, 3.05) is 0 Å². The molecule has 3 aromatic carbocycles. The van der Waals surface area contributed by atoms with Gasteiger partial charge in [0.05, 0.1) is 0 Å². The molecule has 0 aromatic heterocycles. The Labute approximate surface area is 125 Å². The molecule has 0 amide bonds. The van der Waals surface area contributed by atoms with Crippen LogP contribution in [-0.2, 0) is 5.60 Å². The summed E-state index contributed by atoms with van der Waals surface area (Å²) in [6, 6.07) is 14.9. The summed E-state index contributed by atoms with van der Waals surface area (Å²) >= 11 is 0. The van der Waals surface area contributed by atoms with Crippen LogP contribution in [-0.4, -0.2) is 11.3 Å². The number of aliphatic hydroxyl groups is 1. The van der Waals surface area contributed by atoms with E-state index in [1.54, 1.807) is 48.4 Å². The maximum Gasteiger partial charge on any atom is 0.433 e. The SMILES string of the molecule is C#C[C@](O)(c1c2ccccc2cc2ccccc12)C(F)(F)F. The Hall–Kier alpha value is -2.51. The zero-order valence-corrected chi connectivity index (χ0v) is 11.4. The molecule has 0 aliphatic carbocycles. The average molecular weight is 300 g/mol. The molecule has 110 valence electrons. The molecule has 0 aliphatic rings. The number of fused-ring (bicyclic) bond motifs is 2. The maximum atomic E-state index is 13.5. The monoisotopic (exact) mass is 300 g/mol. The topological polar surface area (TPSA) is 20.2 Å². The lowest BCUT2D eigenvalue weighted by atomic mass is 9.85. The molecule has 0 heterocycles. The van der Waals surface area contributed by atoms with E-state index in [4.69, 9.17) is 6.42 Å². The van der Waals surface area contributed by atoms with E-state index in [1.165, 1.54) is 12.1 Å². The number of hydrogen-bond donors (Lipinski definition) is 1. The van der Waals surface area contributed by atoms with E-state index >= 15 is 0 Å². The summed E-state index contributed by atoms with van der Waals surface area (Å²) < 4.78 is 40.4. The van der Waals surface area contributed by atoms with Crippen molar-refractivity contribution in [2.45, 2.75) is 11.8 Å². The van der Waals surface area contributed by atoms with E-state index in [1.807, 2.05) is 0 Å². The fraction of sp³-hybridized carbons (Fsp3) is 0.111. The molecule has 0 unspecified atom stereocenters. The van der Waals surface area contributed by atoms with Crippen LogP contribution in [0.4, 0.5) is 13.2 Å². The smallest absolute Gasteiger partial charge is 0.366 e. The number of halogens is 3. The van der Waals surface area contributed by atoms with Crippen molar-refractivity contribution in [1.82, 2.24) is 0 Å². The first-order valence-electron chi connectivity index (χ1n) is 6.56. The van der Waals surface area contributed by atoms with Gasteiger partial charge in [0.15, 0.2) is 0 Å². The van der Waals surface area contributed by atoms with Crippen LogP contribution < -0.4 is 0 Å². The van der Waals surface area contributed by atoms with Crippen LogP contribution in [0.15, 0.2) is 54.6 Å². The van der Waals surface area contributed by atoms with E-state index in [0.29, 0.717) is 21.5 Å². The molecule has 0 aliphatic heterocycles. The Morgan fingerprint density at radius 2 is 1.32 bits per heavy atom. The Morgan fingerprint density at radius 3 is 1.73 bits per heavy atom. The van der Waals surface area contributed by atoms with E-state index in [9.17, 15) is 18.3 Å². The molecular formula is C18H11F3O. The van der Waals surface area contributed by atoms with Crippen molar-refractivity contribution in [3.63, 3.8) is 0 Å². The maximum absolute atomic E-state index is 13.5. The van der Waals surface area contributed by atoms with Gasteiger partial charge in [0.2, 0.25) is 5.60 Å². The second kappa shape index (κ2) is 4.75. The van der Waals surface area contributed by atoms with Crippen molar-refractivity contribution >= 4 is 21.5 Å². The molecule has 1 atom stereocenters. The van der Waals surface area contributed by atoms with Crippen molar-refractivity contribution in [2.24, 2.45) is 0 Å². The van der Waals surface area contributed by atoms with Crippen molar-refractivity contribution in [1.29, 1.82) is 0 Å². The largest absolute Gasteiger partial charge is 0.433 e. The highest BCUT2D eigenvalue weighted by Gasteiger charge is 2.55. The zero-order valence-electron chi connectivity index (χ0n) is 11.4.